The highest BCUT2D eigenvalue weighted by atomic mass is 32.1. The number of carboxylic acid groups (broad SMARTS) is 1. The highest BCUT2D eigenvalue weighted by Crippen LogP contribution is 2.34. The Morgan fingerprint density at radius 1 is 1.19 bits per heavy atom. The Labute approximate surface area is 210 Å². The number of morpholine rings is 1. The molecule has 1 saturated heterocycles. The van der Waals surface area contributed by atoms with Gasteiger partial charge < -0.3 is 24.0 Å². The van der Waals surface area contributed by atoms with E-state index in [1.165, 1.54) is 6.07 Å². The number of benzene rings is 1. The van der Waals surface area contributed by atoms with E-state index >= 15 is 0 Å². The first-order valence-electron chi connectivity index (χ1n) is 11.2. The molecule has 1 aliphatic rings. The van der Waals surface area contributed by atoms with Crippen molar-refractivity contribution in [2.75, 3.05) is 31.2 Å². The maximum Gasteiger partial charge on any atom is 0.345 e. The summed E-state index contributed by atoms with van der Waals surface area (Å²) in [4.78, 5) is 23.3. The summed E-state index contributed by atoms with van der Waals surface area (Å²) in [5, 5.41) is 23.0. The summed E-state index contributed by atoms with van der Waals surface area (Å²) in [6, 6.07) is 15.0. The topological polar surface area (TPSA) is 135 Å². The van der Waals surface area contributed by atoms with Crippen LogP contribution in [0.3, 0.4) is 0 Å². The zero-order chi connectivity index (χ0) is 25.1. The lowest BCUT2D eigenvalue weighted by Crippen LogP contribution is -2.36. The third-order valence-electron chi connectivity index (χ3n) is 5.62. The van der Waals surface area contributed by atoms with Crippen molar-refractivity contribution in [2.45, 2.75) is 13.5 Å². The maximum absolute atomic E-state index is 11.2. The number of rotatable bonds is 7. The van der Waals surface area contributed by atoms with E-state index in [9.17, 15) is 15.2 Å². The minimum Gasteiger partial charge on any atom is -0.477 e. The summed E-state index contributed by atoms with van der Waals surface area (Å²) >= 11 is 1.10. The number of hydrogen-bond acceptors (Lipinski definition) is 10. The molecule has 0 unspecified atom stereocenters. The second kappa shape index (κ2) is 10.2. The molecule has 11 heteroatoms. The fourth-order valence-electron chi connectivity index (χ4n) is 3.83. The molecule has 1 aliphatic heterocycles. The van der Waals surface area contributed by atoms with Crippen molar-refractivity contribution in [2.24, 2.45) is 0 Å². The van der Waals surface area contributed by atoms with E-state index in [1.807, 2.05) is 24.3 Å². The molecule has 3 aromatic heterocycles. The van der Waals surface area contributed by atoms with E-state index in [4.69, 9.17) is 14.0 Å². The normalized spacial score (nSPS) is 13.4. The van der Waals surface area contributed by atoms with Crippen LogP contribution in [0, 0.1) is 18.3 Å². The van der Waals surface area contributed by atoms with Crippen molar-refractivity contribution in [3.63, 3.8) is 0 Å². The Hall–Kier alpha value is -4.27. The molecule has 0 bridgehead atoms. The zero-order valence-electron chi connectivity index (χ0n) is 19.3. The van der Waals surface area contributed by atoms with Gasteiger partial charge in [-0.05, 0) is 37.3 Å². The average Bonchev–Trinajstić information content (AvgIpc) is 3.57. The Morgan fingerprint density at radius 2 is 1.97 bits per heavy atom. The van der Waals surface area contributed by atoms with Gasteiger partial charge in [0.15, 0.2) is 5.82 Å². The van der Waals surface area contributed by atoms with Crippen molar-refractivity contribution in [3.8, 4) is 34.7 Å². The van der Waals surface area contributed by atoms with Crippen molar-refractivity contribution < 1.29 is 23.9 Å². The Morgan fingerprint density at radius 3 is 2.61 bits per heavy atom. The molecule has 4 heterocycles. The van der Waals surface area contributed by atoms with Crippen LogP contribution in [0.1, 0.15) is 25.9 Å². The lowest BCUT2D eigenvalue weighted by atomic mass is 10.0. The van der Waals surface area contributed by atoms with Gasteiger partial charge in [0.25, 0.3) is 5.89 Å². The number of carbonyl (C=O) groups is 1. The number of thiophene rings is 1. The lowest BCUT2D eigenvalue weighted by Gasteiger charge is -2.28. The molecule has 1 fully saturated rings. The minimum absolute atomic E-state index is 0.0569. The molecule has 0 radical (unpaired) electrons. The van der Waals surface area contributed by atoms with Crippen molar-refractivity contribution >= 4 is 23.0 Å². The Kier molecular flexibility index (Phi) is 6.62. The van der Waals surface area contributed by atoms with E-state index < -0.39 is 5.97 Å². The van der Waals surface area contributed by atoms with Gasteiger partial charge >= 0.3 is 5.97 Å². The summed E-state index contributed by atoms with van der Waals surface area (Å²) in [5.41, 5.74) is 3.05. The predicted molar refractivity (Wildman–Crippen MR) is 131 cm³/mol. The first kappa shape index (κ1) is 23.5. The van der Waals surface area contributed by atoms with E-state index in [0.717, 1.165) is 35.7 Å². The number of nitriles is 1. The standard InChI is InChI=1S/C25H21N5O5S/c1-15-27-24(35-29-15)19-12-21(16-2-4-17(5-3-16)30-8-10-33-11-9-30)28-23(20(19)13-26)34-14-18-6-7-22(36-18)25(31)32/h2-7,12H,8-11,14H2,1H3,(H,31,32). The van der Waals surface area contributed by atoms with Crippen LogP contribution in [0.2, 0.25) is 0 Å². The second-order valence-electron chi connectivity index (χ2n) is 8.00. The predicted octanol–water partition coefficient (Wildman–Crippen LogP) is 4.15. The molecular formula is C25H21N5O5S. The van der Waals surface area contributed by atoms with Gasteiger partial charge in [0.05, 0.1) is 24.5 Å². The van der Waals surface area contributed by atoms with Crippen molar-refractivity contribution in [1.82, 2.24) is 15.1 Å². The molecule has 1 N–H and O–H groups in total. The SMILES string of the molecule is Cc1noc(-c2cc(-c3ccc(N4CCOCC4)cc3)nc(OCc3ccc(C(=O)O)s3)c2C#N)n1. The van der Waals surface area contributed by atoms with Crippen LogP contribution in [0.5, 0.6) is 5.88 Å². The molecule has 0 saturated carbocycles. The summed E-state index contributed by atoms with van der Waals surface area (Å²) in [6.07, 6.45) is 0. The molecule has 36 heavy (non-hydrogen) atoms. The van der Waals surface area contributed by atoms with Gasteiger partial charge in [-0.3, -0.25) is 0 Å². The van der Waals surface area contributed by atoms with Gasteiger partial charge in [-0.15, -0.1) is 11.3 Å². The van der Waals surface area contributed by atoms with Crippen LogP contribution < -0.4 is 9.64 Å². The molecule has 0 atom stereocenters. The van der Waals surface area contributed by atoms with Gasteiger partial charge in [-0.25, -0.2) is 9.78 Å². The second-order valence-corrected chi connectivity index (χ2v) is 9.17. The quantitative estimate of drug-likeness (QED) is 0.392. The smallest absolute Gasteiger partial charge is 0.345 e. The van der Waals surface area contributed by atoms with Crippen molar-refractivity contribution in [1.29, 1.82) is 5.26 Å². The summed E-state index contributed by atoms with van der Waals surface area (Å²) in [5.74, 6) is -0.279. The number of aryl methyl sites for hydroxylation is 1. The number of aromatic nitrogens is 3. The fraction of sp³-hybridized carbons (Fsp3) is 0.240. The van der Waals surface area contributed by atoms with Crippen molar-refractivity contribution in [3.05, 3.63) is 63.6 Å². The molecule has 0 aliphatic carbocycles. The molecule has 182 valence electrons. The number of hydrogen-bond donors (Lipinski definition) is 1. The van der Waals surface area contributed by atoms with Crippen LogP contribution in [-0.4, -0.2) is 52.5 Å². The number of ether oxygens (including phenoxy) is 2. The van der Waals surface area contributed by atoms with E-state index in [0.29, 0.717) is 35.2 Å². The van der Waals surface area contributed by atoms with E-state index in [1.54, 1.807) is 19.1 Å². The summed E-state index contributed by atoms with van der Waals surface area (Å²) in [6.45, 7) is 4.82. The number of nitrogens with zero attached hydrogens (tertiary/aromatic N) is 5. The minimum atomic E-state index is -1.00. The first-order valence-corrected chi connectivity index (χ1v) is 12.0. The average molecular weight is 504 g/mol. The Balaban J connectivity index is 1.51. The number of aromatic carboxylic acids is 1. The molecule has 5 rings (SSSR count). The highest BCUT2D eigenvalue weighted by Gasteiger charge is 2.21. The van der Waals surface area contributed by atoms with E-state index in [2.05, 4.69) is 26.1 Å². The molecule has 4 aromatic rings. The monoisotopic (exact) mass is 503 g/mol. The van der Waals surface area contributed by atoms with Crippen LogP contribution in [0.4, 0.5) is 5.69 Å². The molecule has 0 amide bonds. The van der Waals surface area contributed by atoms with Gasteiger partial charge in [0.2, 0.25) is 5.88 Å². The molecule has 10 nitrogen and oxygen atoms in total. The third kappa shape index (κ3) is 4.91. The number of pyridine rings is 1. The zero-order valence-corrected chi connectivity index (χ0v) is 20.1. The van der Waals surface area contributed by atoms with Gasteiger partial charge in [0, 0.05) is 29.2 Å². The van der Waals surface area contributed by atoms with Gasteiger partial charge in [-0.2, -0.15) is 10.2 Å². The third-order valence-corrected chi connectivity index (χ3v) is 6.67. The summed E-state index contributed by atoms with van der Waals surface area (Å²) < 4.78 is 16.7. The molecule has 1 aromatic carbocycles. The largest absolute Gasteiger partial charge is 0.477 e. The van der Waals surface area contributed by atoms with Crippen LogP contribution in [0.15, 0.2) is 47.0 Å². The van der Waals surface area contributed by atoms with Crippen LogP contribution in [0.25, 0.3) is 22.7 Å². The van der Waals surface area contributed by atoms with Gasteiger partial charge in [0.1, 0.15) is 23.1 Å². The number of anilines is 1. The molecular weight excluding hydrogens is 482 g/mol. The summed E-state index contributed by atoms with van der Waals surface area (Å²) in [7, 11) is 0. The van der Waals surface area contributed by atoms with Crippen LogP contribution >= 0.6 is 11.3 Å². The fourth-order valence-corrected chi connectivity index (χ4v) is 4.59. The lowest BCUT2D eigenvalue weighted by molar-refractivity contribution is 0.0702. The molecule has 0 spiro atoms. The van der Waals surface area contributed by atoms with Crippen LogP contribution in [-0.2, 0) is 11.3 Å². The van der Waals surface area contributed by atoms with E-state index in [-0.39, 0.29) is 28.8 Å². The highest BCUT2D eigenvalue weighted by molar-refractivity contribution is 7.13. The van der Waals surface area contributed by atoms with Gasteiger partial charge in [-0.1, -0.05) is 17.3 Å². The Bertz CT molecular complexity index is 1430. The first-order chi connectivity index (χ1) is 17.5. The number of carboxylic acids is 1. The maximum atomic E-state index is 11.2.